The molecule has 4 aliphatic heterocycles. The van der Waals surface area contributed by atoms with Crippen LogP contribution >= 0.6 is 0 Å². The number of aromatic nitrogens is 2. The zero-order valence-corrected chi connectivity index (χ0v) is 27.2. The van der Waals surface area contributed by atoms with E-state index < -0.39 is 90.6 Å². The summed E-state index contributed by atoms with van der Waals surface area (Å²) in [6.45, 7) is 9.53. The predicted octanol–water partition coefficient (Wildman–Crippen LogP) is 1.45. The molecule has 15 heteroatoms. The van der Waals surface area contributed by atoms with Gasteiger partial charge in [-0.15, -0.1) is 0 Å². The Labute approximate surface area is 265 Å². The minimum atomic E-state index is -0.947. The average Bonchev–Trinajstić information content (AvgIpc) is 3.70. The van der Waals surface area contributed by atoms with Gasteiger partial charge in [-0.25, -0.2) is 4.79 Å². The molecule has 0 radical (unpaired) electrons. The third-order valence-electron chi connectivity index (χ3n) is 8.62. The number of carbonyl (C=O) groups excluding carboxylic acids is 2. The van der Waals surface area contributed by atoms with E-state index in [-0.39, 0.29) is 13.1 Å². The van der Waals surface area contributed by atoms with Gasteiger partial charge in [-0.2, -0.15) is 0 Å². The molecule has 0 aliphatic carbocycles. The fourth-order valence-corrected chi connectivity index (χ4v) is 6.97. The van der Waals surface area contributed by atoms with Gasteiger partial charge in [0.1, 0.15) is 48.8 Å². The summed E-state index contributed by atoms with van der Waals surface area (Å²) in [5.74, 6) is -2.88. The summed E-state index contributed by atoms with van der Waals surface area (Å²) in [4.78, 5) is 38.8. The smallest absolute Gasteiger partial charge is 0.329 e. The highest BCUT2D eigenvalue weighted by Gasteiger charge is 2.59. The van der Waals surface area contributed by atoms with Gasteiger partial charge in [0.05, 0.1) is 24.1 Å². The fraction of sp³-hybridized carbons (Fsp3) is 0.710. The summed E-state index contributed by atoms with van der Waals surface area (Å²) in [5.41, 5.74) is 0.693. The molecule has 0 N–H and O–H groups in total. The van der Waals surface area contributed by atoms with Crippen LogP contribution in [0.3, 0.4) is 0 Å². The number of rotatable bonds is 10. The molecule has 0 saturated carbocycles. The summed E-state index contributed by atoms with van der Waals surface area (Å²) >= 11 is 0. The highest BCUT2D eigenvalue weighted by atomic mass is 16.9. The molecule has 0 spiro atoms. The maximum atomic E-state index is 14.2. The molecule has 1 aromatic heterocycles. The third kappa shape index (κ3) is 6.10. The van der Waals surface area contributed by atoms with Gasteiger partial charge in [-0.1, -0.05) is 12.1 Å². The third-order valence-corrected chi connectivity index (χ3v) is 8.62. The van der Waals surface area contributed by atoms with Crippen molar-refractivity contribution in [2.45, 2.75) is 128 Å². The van der Waals surface area contributed by atoms with Crippen LogP contribution in [-0.2, 0) is 70.0 Å². The number of benzene rings is 1. The van der Waals surface area contributed by atoms with E-state index in [9.17, 15) is 14.4 Å². The van der Waals surface area contributed by atoms with Crippen molar-refractivity contribution in [1.29, 1.82) is 0 Å². The van der Waals surface area contributed by atoms with Crippen LogP contribution in [0.25, 0.3) is 11.0 Å². The molecule has 2 aromatic rings. The number of esters is 2. The van der Waals surface area contributed by atoms with Gasteiger partial charge in [-0.05, 0) is 39.8 Å². The molecule has 46 heavy (non-hydrogen) atoms. The molecular formula is C31H42N2O13. The van der Waals surface area contributed by atoms with Crippen LogP contribution in [0.1, 0.15) is 41.5 Å². The number of hydrogen-bond acceptors (Lipinski definition) is 13. The van der Waals surface area contributed by atoms with E-state index in [0.717, 1.165) is 0 Å². The Hall–Kier alpha value is -2.89. The van der Waals surface area contributed by atoms with Gasteiger partial charge in [0.15, 0.2) is 24.2 Å². The summed E-state index contributed by atoms with van der Waals surface area (Å²) in [7, 11) is 3.03. The standard InChI is InChI=1S/C31H42N2O13/c1-15(34)39-19(21-23(37-7)25-27(41-21)45-30(3,4)43-25)13-32-17-11-9-10-12-18(17)33(29(32)36)14-20(40-16(2)35)22-24(38-8)26-28(42-22)46-31(5,6)44-26/h9-12,19-28H,13-14H2,1-8H3/t19-,20-,21-,22-,23+,24+,25-,26-,27-,28-/m1/s1. The Bertz CT molecular complexity index is 1410. The minimum absolute atomic E-state index is 0.0704. The quantitative estimate of drug-likeness (QED) is 0.341. The lowest BCUT2D eigenvalue weighted by atomic mass is 10.0. The van der Waals surface area contributed by atoms with Crippen molar-refractivity contribution in [1.82, 2.24) is 9.13 Å². The van der Waals surface area contributed by atoms with Gasteiger partial charge >= 0.3 is 17.6 Å². The first-order valence-electron chi connectivity index (χ1n) is 15.3. The van der Waals surface area contributed by atoms with E-state index in [1.807, 2.05) is 0 Å². The predicted molar refractivity (Wildman–Crippen MR) is 156 cm³/mol. The Kier molecular flexibility index (Phi) is 8.82. The maximum absolute atomic E-state index is 14.2. The van der Waals surface area contributed by atoms with Crippen molar-refractivity contribution in [2.24, 2.45) is 0 Å². The molecule has 15 nitrogen and oxygen atoms in total. The normalized spacial score (nSPS) is 33.9. The lowest BCUT2D eigenvalue weighted by Gasteiger charge is -2.30. The molecule has 1 aromatic carbocycles. The van der Waals surface area contributed by atoms with Crippen molar-refractivity contribution >= 4 is 23.0 Å². The number of methoxy groups -OCH3 is 2. The molecule has 4 saturated heterocycles. The van der Waals surface area contributed by atoms with E-state index in [1.54, 1.807) is 52.0 Å². The van der Waals surface area contributed by atoms with Crippen LogP contribution in [0.15, 0.2) is 29.1 Å². The van der Waals surface area contributed by atoms with E-state index in [4.69, 9.17) is 47.4 Å². The molecule has 4 fully saturated rings. The molecule has 0 bridgehead atoms. The first-order valence-corrected chi connectivity index (χ1v) is 15.3. The van der Waals surface area contributed by atoms with Gasteiger partial charge in [0, 0.05) is 28.1 Å². The van der Waals surface area contributed by atoms with Gasteiger partial charge in [0.2, 0.25) is 0 Å². The number of imidazole rings is 1. The highest BCUT2D eigenvalue weighted by Crippen LogP contribution is 2.41. The van der Waals surface area contributed by atoms with Crippen LogP contribution < -0.4 is 5.69 Å². The Morgan fingerprint density at radius 2 is 1.13 bits per heavy atom. The van der Waals surface area contributed by atoms with Gasteiger partial charge in [-0.3, -0.25) is 18.7 Å². The minimum Gasteiger partial charge on any atom is -0.458 e. The summed E-state index contributed by atoms with van der Waals surface area (Å²) in [6, 6.07) is 7.15. The summed E-state index contributed by atoms with van der Waals surface area (Å²) < 4.78 is 62.2. The number of hydrogen-bond donors (Lipinski definition) is 0. The van der Waals surface area contributed by atoms with E-state index in [0.29, 0.717) is 11.0 Å². The molecule has 0 unspecified atom stereocenters. The van der Waals surface area contributed by atoms with Gasteiger partial charge in [0.25, 0.3) is 0 Å². The maximum Gasteiger partial charge on any atom is 0.329 e. The second kappa shape index (κ2) is 12.3. The monoisotopic (exact) mass is 650 g/mol. The number of para-hydroxylation sites is 2. The number of nitrogens with zero attached hydrogens (tertiary/aromatic N) is 2. The van der Waals surface area contributed by atoms with Gasteiger partial charge < -0.3 is 47.4 Å². The van der Waals surface area contributed by atoms with Crippen LogP contribution in [0.5, 0.6) is 0 Å². The van der Waals surface area contributed by atoms with Crippen LogP contribution in [0.4, 0.5) is 0 Å². The van der Waals surface area contributed by atoms with Crippen molar-refractivity contribution in [3.05, 3.63) is 34.7 Å². The second-order valence-corrected chi connectivity index (χ2v) is 12.8. The Morgan fingerprint density at radius 3 is 1.48 bits per heavy atom. The van der Waals surface area contributed by atoms with E-state index >= 15 is 0 Å². The van der Waals surface area contributed by atoms with Crippen LogP contribution in [0.2, 0.25) is 0 Å². The average molecular weight is 651 g/mol. The lowest BCUT2D eigenvalue weighted by molar-refractivity contribution is -0.231. The zero-order valence-electron chi connectivity index (χ0n) is 27.2. The summed E-state index contributed by atoms with van der Waals surface area (Å²) in [5, 5.41) is 0. The van der Waals surface area contributed by atoms with E-state index in [2.05, 4.69) is 0 Å². The summed E-state index contributed by atoms with van der Waals surface area (Å²) in [6.07, 6.45) is -7.42. The number of ether oxygens (including phenoxy) is 10. The number of carbonyl (C=O) groups is 2. The Balaban J connectivity index is 1.32. The van der Waals surface area contributed by atoms with Crippen molar-refractivity contribution < 1.29 is 57.0 Å². The topological polar surface area (TPSA) is 153 Å². The van der Waals surface area contributed by atoms with Crippen molar-refractivity contribution in [3.63, 3.8) is 0 Å². The molecule has 6 rings (SSSR count). The van der Waals surface area contributed by atoms with Crippen LogP contribution in [0, 0.1) is 0 Å². The molecular weight excluding hydrogens is 608 g/mol. The molecule has 4 aliphatic rings. The largest absolute Gasteiger partial charge is 0.458 e. The first-order chi connectivity index (χ1) is 21.7. The first kappa shape index (κ1) is 33.0. The number of fused-ring (bicyclic) bond motifs is 3. The highest BCUT2D eigenvalue weighted by molar-refractivity contribution is 5.76. The fourth-order valence-electron chi connectivity index (χ4n) is 6.97. The van der Waals surface area contributed by atoms with Crippen molar-refractivity contribution in [3.8, 4) is 0 Å². The molecule has 10 atom stereocenters. The Morgan fingerprint density at radius 1 is 0.739 bits per heavy atom. The molecule has 5 heterocycles. The van der Waals surface area contributed by atoms with E-state index in [1.165, 1.54) is 37.2 Å². The van der Waals surface area contributed by atoms with Crippen molar-refractivity contribution in [2.75, 3.05) is 14.2 Å². The SMILES string of the molecule is CO[C@@H]1[C@H]2OC(C)(C)O[C@H]2O[C@@H]1[C@@H](Cn1c(=O)n(C[C@@H](OC(C)=O)[C@H]2O[C@@H]3OC(C)(C)O[C@@H]3[C@H]2OC)c2ccccc21)OC(C)=O. The van der Waals surface area contributed by atoms with Crippen LogP contribution in [-0.4, -0.2) is 108 Å². The lowest BCUT2D eigenvalue weighted by Crippen LogP contribution is -2.47. The zero-order chi connectivity index (χ0) is 33.1. The second-order valence-electron chi connectivity index (χ2n) is 12.8. The molecule has 0 amide bonds. The molecule has 254 valence electrons.